The van der Waals surface area contributed by atoms with Gasteiger partial charge in [0, 0.05) is 6.04 Å². The molecule has 1 atom stereocenters. The lowest BCUT2D eigenvalue weighted by atomic mass is 9.77. The Bertz CT molecular complexity index is 218. The van der Waals surface area contributed by atoms with Crippen molar-refractivity contribution < 1.29 is 0 Å². The average Bonchev–Trinajstić information content (AvgIpc) is 2.76. The number of nitrogens with two attached hydrogens (primary N) is 1. The van der Waals surface area contributed by atoms with Crippen molar-refractivity contribution >= 4 is 0 Å². The van der Waals surface area contributed by atoms with Gasteiger partial charge in [0.25, 0.3) is 0 Å². The Balaban J connectivity index is 1.68. The summed E-state index contributed by atoms with van der Waals surface area (Å²) in [7, 11) is 0. The first-order valence-electron chi connectivity index (χ1n) is 7.59. The van der Waals surface area contributed by atoms with Gasteiger partial charge in [0.1, 0.15) is 0 Å². The number of hydrogen-bond donors (Lipinski definition) is 1. The van der Waals surface area contributed by atoms with Crippen molar-refractivity contribution in [2.24, 2.45) is 17.1 Å². The number of likely N-dealkylation sites (tertiary alicyclic amines) is 1. The van der Waals surface area contributed by atoms with Crippen molar-refractivity contribution in [2.45, 2.75) is 64.8 Å². The molecule has 2 aliphatic rings. The van der Waals surface area contributed by atoms with E-state index in [2.05, 4.69) is 18.7 Å². The van der Waals surface area contributed by atoms with E-state index in [1.807, 2.05) is 0 Å². The van der Waals surface area contributed by atoms with Crippen LogP contribution in [0, 0.1) is 11.3 Å². The van der Waals surface area contributed by atoms with Crippen LogP contribution in [0.2, 0.25) is 0 Å². The second-order valence-electron chi connectivity index (χ2n) is 6.75. The predicted molar refractivity (Wildman–Crippen MR) is 74.0 cm³/mol. The topological polar surface area (TPSA) is 29.3 Å². The molecular formula is C15H30N2. The van der Waals surface area contributed by atoms with Crippen LogP contribution in [0.1, 0.15) is 58.8 Å². The van der Waals surface area contributed by atoms with Gasteiger partial charge < -0.3 is 10.6 Å². The molecule has 0 amide bonds. The molecule has 0 bridgehead atoms. The molecule has 2 heteroatoms. The SMILES string of the molecule is CC(C)C(N)CCN1CCC2(CCCC2)CC1. The monoisotopic (exact) mass is 238 g/mol. The minimum atomic E-state index is 0.386. The van der Waals surface area contributed by atoms with Gasteiger partial charge in [-0.1, -0.05) is 26.7 Å². The number of hydrogen-bond acceptors (Lipinski definition) is 2. The van der Waals surface area contributed by atoms with E-state index >= 15 is 0 Å². The summed E-state index contributed by atoms with van der Waals surface area (Å²) in [4.78, 5) is 2.64. The predicted octanol–water partition coefficient (Wildman–Crippen LogP) is 3.02. The van der Waals surface area contributed by atoms with Gasteiger partial charge in [-0.15, -0.1) is 0 Å². The normalized spacial score (nSPS) is 26.8. The van der Waals surface area contributed by atoms with Gasteiger partial charge in [0.05, 0.1) is 0 Å². The third-order valence-corrected chi connectivity index (χ3v) is 5.22. The minimum absolute atomic E-state index is 0.386. The summed E-state index contributed by atoms with van der Waals surface area (Å²) >= 11 is 0. The maximum absolute atomic E-state index is 6.12. The number of nitrogens with zero attached hydrogens (tertiary/aromatic N) is 1. The average molecular weight is 238 g/mol. The van der Waals surface area contributed by atoms with Crippen LogP contribution in [0.25, 0.3) is 0 Å². The molecular weight excluding hydrogens is 208 g/mol. The third-order valence-electron chi connectivity index (χ3n) is 5.22. The first-order chi connectivity index (χ1) is 8.11. The molecule has 2 rings (SSSR count). The van der Waals surface area contributed by atoms with Crippen molar-refractivity contribution in [3.05, 3.63) is 0 Å². The standard InChI is InChI=1S/C15H30N2/c1-13(2)14(16)5-10-17-11-8-15(9-12-17)6-3-4-7-15/h13-14H,3-12,16H2,1-2H3. The van der Waals surface area contributed by atoms with E-state index in [-0.39, 0.29) is 0 Å². The highest BCUT2D eigenvalue weighted by Crippen LogP contribution is 2.46. The smallest absolute Gasteiger partial charge is 0.00740 e. The second kappa shape index (κ2) is 5.71. The molecule has 2 fully saturated rings. The first-order valence-corrected chi connectivity index (χ1v) is 7.59. The third kappa shape index (κ3) is 3.45. The fourth-order valence-electron chi connectivity index (χ4n) is 3.54. The molecule has 1 unspecified atom stereocenters. The van der Waals surface area contributed by atoms with Crippen molar-refractivity contribution in [1.82, 2.24) is 4.90 Å². The van der Waals surface area contributed by atoms with Crippen LogP contribution in [0.5, 0.6) is 0 Å². The summed E-state index contributed by atoms with van der Waals surface area (Å²) < 4.78 is 0. The van der Waals surface area contributed by atoms with Crippen molar-refractivity contribution in [1.29, 1.82) is 0 Å². The van der Waals surface area contributed by atoms with E-state index in [1.165, 1.54) is 64.6 Å². The summed E-state index contributed by atoms with van der Waals surface area (Å²) in [5.41, 5.74) is 6.88. The van der Waals surface area contributed by atoms with Gasteiger partial charge in [-0.3, -0.25) is 0 Å². The quantitative estimate of drug-likeness (QED) is 0.816. The molecule has 0 aromatic rings. The van der Waals surface area contributed by atoms with E-state index in [0.29, 0.717) is 12.0 Å². The zero-order chi connectivity index (χ0) is 12.3. The molecule has 0 aromatic heterocycles. The van der Waals surface area contributed by atoms with Gasteiger partial charge in [-0.05, 0) is 63.1 Å². The molecule has 1 spiro atoms. The van der Waals surface area contributed by atoms with Crippen LogP contribution >= 0.6 is 0 Å². The van der Waals surface area contributed by atoms with Crippen LogP contribution in [-0.2, 0) is 0 Å². The Morgan fingerprint density at radius 3 is 2.18 bits per heavy atom. The van der Waals surface area contributed by atoms with Crippen LogP contribution < -0.4 is 5.73 Å². The molecule has 17 heavy (non-hydrogen) atoms. The zero-order valence-corrected chi connectivity index (χ0v) is 11.8. The summed E-state index contributed by atoms with van der Waals surface area (Å²) in [6.07, 6.45) is 10.0. The Hall–Kier alpha value is -0.0800. The molecule has 1 saturated heterocycles. The van der Waals surface area contributed by atoms with Crippen LogP contribution in [-0.4, -0.2) is 30.6 Å². The maximum Gasteiger partial charge on any atom is 0.00740 e. The fraction of sp³-hybridized carbons (Fsp3) is 1.00. The van der Waals surface area contributed by atoms with Crippen molar-refractivity contribution in [2.75, 3.05) is 19.6 Å². The van der Waals surface area contributed by atoms with Gasteiger partial charge in [-0.25, -0.2) is 0 Å². The van der Waals surface area contributed by atoms with Gasteiger partial charge in [0.2, 0.25) is 0 Å². The Labute approximate surface area is 107 Å². The lowest BCUT2D eigenvalue weighted by molar-refractivity contribution is 0.105. The summed E-state index contributed by atoms with van der Waals surface area (Å²) in [6.45, 7) is 8.33. The van der Waals surface area contributed by atoms with E-state index in [4.69, 9.17) is 5.73 Å². The second-order valence-corrected chi connectivity index (χ2v) is 6.75. The van der Waals surface area contributed by atoms with Gasteiger partial charge >= 0.3 is 0 Å². The van der Waals surface area contributed by atoms with Crippen LogP contribution in [0.4, 0.5) is 0 Å². The first kappa shape index (κ1) is 13.4. The lowest BCUT2D eigenvalue weighted by Crippen LogP contribution is -2.41. The summed E-state index contributed by atoms with van der Waals surface area (Å²) in [5.74, 6) is 0.626. The molecule has 1 aliphatic carbocycles. The highest BCUT2D eigenvalue weighted by atomic mass is 15.1. The molecule has 0 radical (unpaired) electrons. The number of piperidine rings is 1. The van der Waals surface area contributed by atoms with Gasteiger partial charge in [-0.2, -0.15) is 0 Å². The molecule has 1 heterocycles. The molecule has 1 aliphatic heterocycles. The molecule has 2 N–H and O–H groups in total. The summed E-state index contributed by atoms with van der Waals surface area (Å²) in [5, 5.41) is 0. The maximum atomic E-state index is 6.12. The minimum Gasteiger partial charge on any atom is -0.327 e. The Morgan fingerprint density at radius 2 is 1.65 bits per heavy atom. The molecule has 1 saturated carbocycles. The Morgan fingerprint density at radius 1 is 1.06 bits per heavy atom. The van der Waals surface area contributed by atoms with Crippen molar-refractivity contribution in [3.8, 4) is 0 Å². The largest absolute Gasteiger partial charge is 0.327 e. The highest BCUT2D eigenvalue weighted by molar-refractivity contribution is 4.89. The molecule has 100 valence electrons. The van der Waals surface area contributed by atoms with E-state index < -0.39 is 0 Å². The van der Waals surface area contributed by atoms with Crippen LogP contribution in [0.3, 0.4) is 0 Å². The van der Waals surface area contributed by atoms with E-state index in [1.54, 1.807) is 0 Å². The van der Waals surface area contributed by atoms with E-state index in [0.717, 1.165) is 5.41 Å². The van der Waals surface area contributed by atoms with Crippen LogP contribution in [0.15, 0.2) is 0 Å². The molecule has 2 nitrogen and oxygen atoms in total. The number of rotatable bonds is 4. The van der Waals surface area contributed by atoms with Gasteiger partial charge in [0.15, 0.2) is 0 Å². The zero-order valence-electron chi connectivity index (χ0n) is 11.8. The summed E-state index contributed by atoms with van der Waals surface area (Å²) in [6, 6.07) is 0.386. The highest BCUT2D eigenvalue weighted by Gasteiger charge is 2.36. The van der Waals surface area contributed by atoms with E-state index in [9.17, 15) is 0 Å². The lowest BCUT2D eigenvalue weighted by Gasteiger charge is -2.39. The van der Waals surface area contributed by atoms with Crippen molar-refractivity contribution in [3.63, 3.8) is 0 Å². The fourth-order valence-corrected chi connectivity index (χ4v) is 3.54. The Kier molecular flexibility index (Phi) is 4.48. The molecule has 0 aromatic carbocycles.